The molecule has 0 aliphatic heterocycles. The molecule has 1 unspecified atom stereocenters. The molecule has 8 nitrogen and oxygen atoms in total. The zero-order valence-electron chi connectivity index (χ0n) is 21.6. The first-order chi connectivity index (χ1) is 15.9. The Balaban J connectivity index is 3.11. The lowest BCUT2D eigenvalue weighted by Crippen LogP contribution is -2.49. The number of hydrogen-bond donors (Lipinski definition) is 3. The molecule has 192 valence electrons. The Bertz CT molecular complexity index is 789. The first kappa shape index (κ1) is 29.3. The van der Waals surface area contributed by atoms with Gasteiger partial charge in [0.15, 0.2) is 0 Å². The fourth-order valence-corrected chi connectivity index (χ4v) is 3.55. The van der Waals surface area contributed by atoms with Crippen LogP contribution in [-0.2, 0) is 14.3 Å². The van der Waals surface area contributed by atoms with Gasteiger partial charge in [-0.05, 0) is 58.7 Å². The van der Waals surface area contributed by atoms with Crippen LogP contribution < -0.4 is 10.6 Å². The molecule has 1 aromatic carbocycles. The summed E-state index contributed by atoms with van der Waals surface area (Å²) < 4.78 is 5.23. The molecule has 0 aromatic heterocycles. The Morgan fingerprint density at radius 3 is 2.29 bits per heavy atom. The second-order valence-corrected chi connectivity index (χ2v) is 9.87. The Labute approximate surface area is 204 Å². The lowest BCUT2D eigenvalue weighted by atomic mass is 10.0. The molecule has 0 aliphatic rings. The highest BCUT2D eigenvalue weighted by Crippen LogP contribution is 2.25. The highest BCUT2D eigenvalue weighted by molar-refractivity contribution is 5.90. The third kappa shape index (κ3) is 11.4. The van der Waals surface area contributed by atoms with Gasteiger partial charge in [0.25, 0.3) is 0 Å². The summed E-state index contributed by atoms with van der Waals surface area (Å²) in [7, 11) is 0. The van der Waals surface area contributed by atoms with E-state index in [1.165, 1.54) is 23.5 Å². The zero-order chi connectivity index (χ0) is 25.7. The predicted octanol–water partition coefficient (Wildman–Crippen LogP) is 4.67. The summed E-state index contributed by atoms with van der Waals surface area (Å²) in [6, 6.07) is 5.31. The van der Waals surface area contributed by atoms with E-state index < -0.39 is 23.6 Å². The average Bonchev–Trinajstić information content (AvgIpc) is 2.71. The van der Waals surface area contributed by atoms with E-state index in [1.54, 1.807) is 32.9 Å². The molecule has 0 saturated heterocycles. The second-order valence-electron chi connectivity index (χ2n) is 9.87. The number of carbonyl (C=O) groups excluding carboxylic acids is 3. The maximum Gasteiger partial charge on any atom is 0.408 e. The molecule has 0 aliphatic carbocycles. The molecule has 0 spiro atoms. The van der Waals surface area contributed by atoms with Crippen LogP contribution in [0.3, 0.4) is 0 Å². The van der Waals surface area contributed by atoms with Crippen molar-refractivity contribution < 1.29 is 24.2 Å². The van der Waals surface area contributed by atoms with Gasteiger partial charge in [0.2, 0.25) is 11.8 Å². The summed E-state index contributed by atoms with van der Waals surface area (Å²) in [6.45, 7) is 11.1. The number of rotatable bonds is 13. The molecule has 1 atom stereocenters. The van der Waals surface area contributed by atoms with E-state index >= 15 is 0 Å². The highest BCUT2D eigenvalue weighted by atomic mass is 16.6. The summed E-state index contributed by atoms with van der Waals surface area (Å²) >= 11 is 0. The second kappa shape index (κ2) is 14.5. The Morgan fingerprint density at radius 1 is 1.06 bits per heavy atom. The fourth-order valence-electron chi connectivity index (χ4n) is 3.55. The van der Waals surface area contributed by atoms with Crippen molar-refractivity contribution in [1.29, 1.82) is 0 Å². The van der Waals surface area contributed by atoms with Crippen molar-refractivity contribution in [3.8, 4) is 5.75 Å². The normalized spacial score (nSPS) is 12.2. The highest BCUT2D eigenvalue weighted by Gasteiger charge is 2.32. The van der Waals surface area contributed by atoms with Gasteiger partial charge >= 0.3 is 6.09 Å². The van der Waals surface area contributed by atoms with Crippen molar-refractivity contribution in [2.45, 2.75) is 97.8 Å². The maximum absolute atomic E-state index is 13.3. The summed E-state index contributed by atoms with van der Waals surface area (Å²) in [6.07, 6.45) is 5.48. The van der Waals surface area contributed by atoms with Crippen LogP contribution in [0, 0.1) is 0 Å². The lowest BCUT2D eigenvalue weighted by molar-refractivity contribution is -0.140. The van der Waals surface area contributed by atoms with Crippen LogP contribution in [-0.4, -0.2) is 52.6 Å². The van der Waals surface area contributed by atoms with Crippen LogP contribution in [0.5, 0.6) is 5.75 Å². The van der Waals surface area contributed by atoms with Crippen LogP contribution in [0.15, 0.2) is 24.3 Å². The first-order valence-electron chi connectivity index (χ1n) is 12.3. The molecule has 0 radical (unpaired) electrons. The van der Waals surface area contributed by atoms with Gasteiger partial charge in [-0.15, -0.1) is 0 Å². The Kier molecular flexibility index (Phi) is 12.5. The van der Waals surface area contributed by atoms with Crippen molar-refractivity contribution >= 4 is 17.9 Å². The van der Waals surface area contributed by atoms with Crippen LogP contribution in [0.2, 0.25) is 0 Å². The van der Waals surface area contributed by atoms with Crippen LogP contribution in [0.25, 0.3) is 0 Å². The van der Waals surface area contributed by atoms with Gasteiger partial charge in [0, 0.05) is 12.6 Å². The quantitative estimate of drug-likeness (QED) is 0.358. The van der Waals surface area contributed by atoms with Gasteiger partial charge in [-0.25, -0.2) is 4.79 Å². The number of unbranched alkanes of at least 4 members (excludes halogenated alkanes) is 5. The van der Waals surface area contributed by atoms with Crippen molar-refractivity contribution in [1.82, 2.24) is 15.5 Å². The minimum absolute atomic E-state index is 0.0127. The zero-order valence-corrected chi connectivity index (χ0v) is 21.6. The number of nitrogens with one attached hydrogen (secondary N) is 2. The Hall–Kier alpha value is -2.77. The van der Waals surface area contributed by atoms with E-state index in [2.05, 4.69) is 17.6 Å². The van der Waals surface area contributed by atoms with Gasteiger partial charge < -0.3 is 25.4 Å². The number of phenols is 1. The number of benzene rings is 1. The number of nitrogens with zero attached hydrogens (tertiary/aromatic N) is 1. The molecule has 8 heteroatoms. The van der Waals surface area contributed by atoms with Gasteiger partial charge in [-0.3, -0.25) is 9.59 Å². The van der Waals surface area contributed by atoms with Crippen LogP contribution in [0.4, 0.5) is 4.79 Å². The fraction of sp³-hybridized carbons (Fsp3) is 0.654. The molecule has 3 N–H and O–H groups in total. The van der Waals surface area contributed by atoms with E-state index in [0.29, 0.717) is 12.1 Å². The third-order valence-corrected chi connectivity index (χ3v) is 5.03. The number of hydrogen-bond acceptors (Lipinski definition) is 5. The predicted molar refractivity (Wildman–Crippen MR) is 133 cm³/mol. The number of aromatic hydroxyl groups is 1. The summed E-state index contributed by atoms with van der Waals surface area (Å²) in [4.78, 5) is 40.1. The van der Waals surface area contributed by atoms with E-state index in [4.69, 9.17) is 4.74 Å². The topological polar surface area (TPSA) is 108 Å². The van der Waals surface area contributed by atoms with Gasteiger partial charge in [0.1, 0.15) is 23.9 Å². The molecule has 0 bridgehead atoms. The molecular formula is C26H43N3O5. The monoisotopic (exact) mass is 477 g/mol. The number of phenolic OH excluding ortho intramolecular Hbond substituents is 1. The molecule has 0 heterocycles. The number of amides is 3. The molecular weight excluding hydrogens is 434 g/mol. The van der Waals surface area contributed by atoms with Crippen molar-refractivity contribution in [3.05, 3.63) is 29.8 Å². The average molecular weight is 478 g/mol. The van der Waals surface area contributed by atoms with E-state index in [9.17, 15) is 19.5 Å². The molecule has 0 fully saturated rings. The van der Waals surface area contributed by atoms with E-state index in [-0.39, 0.29) is 24.2 Å². The van der Waals surface area contributed by atoms with Crippen LogP contribution in [0.1, 0.15) is 91.7 Å². The lowest BCUT2D eigenvalue weighted by Gasteiger charge is -2.32. The molecule has 34 heavy (non-hydrogen) atoms. The summed E-state index contributed by atoms with van der Waals surface area (Å²) in [5, 5.41) is 15.4. The first-order valence-corrected chi connectivity index (χ1v) is 12.3. The largest absolute Gasteiger partial charge is 0.508 e. The van der Waals surface area contributed by atoms with Crippen molar-refractivity contribution in [2.24, 2.45) is 0 Å². The maximum atomic E-state index is 13.3. The minimum atomic E-state index is -0.932. The van der Waals surface area contributed by atoms with Gasteiger partial charge in [0.05, 0.1) is 0 Å². The molecule has 0 saturated carbocycles. The van der Waals surface area contributed by atoms with Crippen LogP contribution >= 0.6 is 0 Å². The Morgan fingerprint density at radius 2 is 1.71 bits per heavy atom. The van der Waals surface area contributed by atoms with Gasteiger partial charge in [-0.1, -0.05) is 51.2 Å². The summed E-state index contributed by atoms with van der Waals surface area (Å²) in [5.41, 5.74) is -0.179. The van der Waals surface area contributed by atoms with E-state index in [1.807, 2.05) is 13.8 Å². The third-order valence-electron chi connectivity index (χ3n) is 5.03. The molecule has 3 amide bonds. The van der Waals surface area contributed by atoms with E-state index in [0.717, 1.165) is 32.1 Å². The molecule has 1 rings (SSSR count). The molecule has 1 aromatic rings. The SMILES string of the molecule is CCCCCCCCN(C(=O)CNC(=O)OC(C)(C)C)C(C(=O)NC(C)C)c1cccc(O)c1. The number of alkyl carbamates (subject to hydrolysis) is 1. The van der Waals surface area contributed by atoms with Gasteiger partial charge in [-0.2, -0.15) is 0 Å². The van der Waals surface area contributed by atoms with Crippen molar-refractivity contribution in [3.63, 3.8) is 0 Å². The number of carbonyl (C=O) groups is 3. The summed E-state index contributed by atoms with van der Waals surface area (Å²) in [5.74, 6) is -0.720. The minimum Gasteiger partial charge on any atom is -0.508 e. The smallest absolute Gasteiger partial charge is 0.408 e. The number of ether oxygens (including phenoxy) is 1. The standard InChI is InChI=1S/C26H43N3O5/c1-7-8-9-10-11-12-16-29(22(31)18-27-25(33)34-26(4,5)6)23(24(32)28-19(2)3)20-14-13-15-21(30)17-20/h13-15,17,19,23,30H,7-12,16,18H2,1-6H3,(H,27,33)(H,28,32). The van der Waals surface area contributed by atoms with Crippen molar-refractivity contribution in [2.75, 3.05) is 13.1 Å².